The summed E-state index contributed by atoms with van der Waals surface area (Å²) in [6.45, 7) is 3.81. The van der Waals surface area contributed by atoms with Crippen LogP contribution in [0.1, 0.15) is 29.2 Å². The fourth-order valence-corrected chi connectivity index (χ4v) is 2.27. The number of rotatable bonds is 3. The smallest absolute Gasteiger partial charge is 0.252 e. The first-order valence-electron chi connectivity index (χ1n) is 5.50. The van der Waals surface area contributed by atoms with Crippen LogP contribution in [0.5, 0.6) is 5.75 Å². The van der Waals surface area contributed by atoms with Crippen LogP contribution in [-0.4, -0.2) is 16.0 Å². The van der Waals surface area contributed by atoms with Gasteiger partial charge in [0.2, 0.25) is 0 Å². The molecular formula is C13H14N2O2S. The first-order chi connectivity index (χ1) is 8.49. The number of phenols is 1. The topological polar surface area (TPSA) is 62.2 Å². The predicted octanol–water partition coefficient (Wildman–Crippen LogP) is 2.51. The Morgan fingerprint density at radius 2 is 2.00 bits per heavy atom. The van der Waals surface area contributed by atoms with Gasteiger partial charge in [-0.3, -0.25) is 4.79 Å². The fraction of sp³-hybridized carbons (Fsp3) is 0.231. The Morgan fingerprint density at radius 3 is 2.56 bits per heavy atom. The minimum atomic E-state index is -0.511. The molecule has 0 fully saturated rings. The summed E-state index contributed by atoms with van der Waals surface area (Å²) in [7, 11) is 0. The van der Waals surface area contributed by atoms with Crippen molar-refractivity contribution >= 4 is 17.2 Å². The van der Waals surface area contributed by atoms with Gasteiger partial charge in [-0.1, -0.05) is 0 Å². The fourth-order valence-electron chi connectivity index (χ4n) is 1.55. The number of hydrogen-bond acceptors (Lipinski definition) is 4. The second kappa shape index (κ2) is 4.78. The number of aromatic nitrogens is 1. The summed E-state index contributed by atoms with van der Waals surface area (Å²) in [5.74, 6) is -0.0408. The second-order valence-electron chi connectivity index (χ2n) is 4.46. The molecule has 1 amide bonds. The number of phenolic OH excluding ortho intramolecular Hbond substituents is 1. The average Bonchev–Trinajstić information content (AvgIpc) is 2.83. The molecule has 1 aromatic heterocycles. The highest BCUT2D eigenvalue weighted by Gasteiger charge is 2.25. The standard InChI is InChI=1S/C13H14N2O2S/c1-13(2,12-14-7-8-18-12)15-11(17)9-3-5-10(16)6-4-9/h3-8,16H,1-2H3,(H,15,17). The Labute approximate surface area is 109 Å². The number of carbonyl (C=O) groups is 1. The number of hydrogen-bond donors (Lipinski definition) is 2. The van der Waals surface area contributed by atoms with Gasteiger partial charge in [-0.25, -0.2) is 4.98 Å². The van der Waals surface area contributed by atoms with Gasteiger partial charge >= 0.3 is 0 Å². The molecule has 0 radical (unpaired) electrons. The lowest BCUT2D eigenvalue weighted by molar-refractivity contribution is 0.0912. The molecule has 0 unspecified atom stereocenters. The van der Waals surface area contributed by atoms with E-state index in [-0.39, 0.29) is 11.7 Å². The Balaban J connectivity index is 2.14. The summed E-state index contributed by atoms with van der Waals surface area (Å²) in [4.78, 5) is 16.3. The zero-order valence-corrected chi connectivity index (χ0v) is 11.0. The van der Waals surface area contributed by atoms with Crippen molar-refractivity contribution < 1.29 is 9.90 Å². The number of benzene rings is 1. The number of amides is 1. The second-order valence-corrected chi connectivity index (χ2v) is 5.36. The van der Waals surface area contributed by atoms with Gasteiger partial charge in [0.1, 0.15) is 10.8 Å². The van der Waals surface area contributed by atoms with Gasteiger partial charge in [-0.05, 0) is 38.1 Å². The molecule has 0 aliphatic carbocycles. The molecule has 0 atom stereocenters. The Kier molecular flexibility index (Phi) is 3.34. The molecule has 0 bridgehead atoms. The summed E-state index contributed by atoms with van der Waals surface area (Å²) in [6, 6.07) is 6.15. The lowest BCUT2D eigenvalue weighted by Gasteiger charge is -2.23. The van der Waals surface area contributed by atoms with Gasteiger partial charge in [0.25, 0.3) is 5.91 Å². The first-order valence-corrected chi connectivity index (χ1v) is 6.38. The average molecular weight is 262 g/mol. The van der Waals surface area contributed by atoms with Crippen LogP contribution in [0.3, 0.4) is 0 Å². The summed E-state index contributed by atoms with van der Waals surface area (Å²) >= 11 is 1.50. The van der Waals surface area contributed by atoms with Crippen LogP contribution in [0.25, 0.3) is 0 Å². The van der Waals surface area contributed by atoms with Crippen molar-refractivity contribution in [2.24, 2.45) is 0 Å². The van der Waals surface area contributed by atoms with Gasteiger partial charge in [-0.2, -0.15) is 0 Å². The van der Waals surface area contributed by atoms with Gasteiger partial charge in [0, 0.05) is 17.1 Å². The van der Waals surface area contributed by atoms with E-state index in [4.69, 9.17) is 0 Å². The van der Waals surface area contributed by atoms with Gasteiger partial charge in [-0.15, -0.1) is 11.3 Å². The van der Waals surface area contributed by atoms with E-state index in [1.807, 2.05) is 19.2 Å². The third kappa shape index (κ3) is 2.68. The lowest BCUT2D eigenvalue weighted by Crippen LogP contribution is -2.40. The van der Waals surface area contributed by atoms with Crippen LogP contribution < -0.4 is 5.32 Å². The number of nitrogens with zero attached hydrogens (tertiary/aromatic N) is 1. The van der Waals surface area contributed by atoms with Gasteiger partial charge in [0.15, 0.2) is 0 Å². The minimum absolute atomic E-state index is 0.144. The zero-order chi connectivity index (χ0) is 13.2. The molecule has 0 saturated carbocycles. The van der Waals surface area contributed by atoms with E-state index in [9.17, 15) is 9.90 Å². The molecule has 0 aliphatic rings. The van der Waals surface area contributed by atoms with Crippen LogP contribution in [0.4, 0.5) is 0 Å². The van der Waals surface area contributed by atoms with Crippen molar-refractivity contribution in [3.63, 3.8) is 0 Å². The van der Waals surface area contributed by atoms with E-state index in [2.05, 4.69) is 10.3 Å². The molecule has 2 N–H and O–H groups in total. The first kappa shape index (κ1) is 12.6. The van der Waals surface area contributed by atoms with Crippen LogP contribution in [0, 0.1) is 0 Å². The highest BCUT2D eigenvalue weighted by atomic mass is 32.1. The Hall–Kier alpha value is -1.88. The largest absolute Gasteiger partial charge is 0.508 e. The van der Waals surface area contributed by atoms with Crippen LogP contribution in [0.2, 0.25) is 0 Å². The Bertz CT molecular complexity index is 533. The SMILES string of the molecule is CC(C)(NC(=O)c1ccc(O)cc1)c1nccs1. The number of thiazole rings is 1. The van der Waals surface area contributed by atoms with Crippen molar-refractivity contribution in [3.8, 4) is 5.75 Å². The molecule has 2 rings (SSSR count). The summed E-state index contributed by atoms with van der Waals surface area (Å²) in [5.41, 5.74) is 0.000733. The molecule has 1 heterocycles. The molecule has 4 nitrogen and oxygen atoms in total. The molecule has 94 valence electrons. The molecule has 5 heteroatoms. The predicted molar refractivity (Wildman–Crippen MR) is 70.7 cm³/mol. The minimum Gasteiger partial charge on any atom is -0.508 e. The monoisotopic (exact) mass is 262 g/mol. The normalized spacial score (nSPS) is 11.2. The molecule has 1 aromatic carbocycles. The molecule has 2 aromatic rings. The van der Waals surface area contributed by atoms with Gasteiger partial charge in [0.05, 0.1) is 5.54 Å². The van der Waals surface area contributed by atoms with Gasteiger partial charge < -0.3 is 10.4 Å². The third-order valence-electron chi connectivity index (χ3n) is 2.52. The Morgan fingerprint density at radius 1 is 1.33 bits per heavy atom. The van der Waals surface area contributed by atoms with E-state index in [1.165, 1.54) is 23.5 Å². The quantitative estimate of drug-likeness (QED) is 0.893. The van der Waals surface area contributed by atoms with E-state index >= 15 is 0 Å². The summed E-state index contributed by atoms with van der Waals surface area (Å²) in [6.07, 6.45) is 1.72. The maximum absolute atomic E-state index is 12.1. The van der Waals surface area contributed by atoms with Crippen molar-refractivity contribution in [2.75, 3.05) is 0 Å². The third-order valence-corrected chi connectivity index (χ3v) is 3.62. The van der Waals surface area contributed by atoms with Crippen LogP contribution in [-0.2, 0) is 5.54 Å². The highest BCUT2D eigenvalue weighted by Crippen LogP contribution is 2.22. The van der Waals surface area contributed by atoms with E-state index in [1.54, 1.807) is 18.3 Å². The maximum Gasteiger partial charge on any atom is 0.252 e. The van der Waals surface area contributed by atoms with Crippen molar-refractivity contribution in [3.05, 3.63) is 46.4 Å². The van der Waals surface area contributed by atoms with Crippen molar-refractivity contribution in [1.29, 1.82) is 0 Å². The van der Waals surface area contributed by atoms with E-state index < -0.39 is 5.54 Å². The zero-order valence-electron chi connectivity index (χ0n) is 10.2. The molecule has 0 spiro atoms. The lowest BCUT2D eigenvalue weighted by atomic mass is 10.1. The number of carbonyl (C=O) groups excluding carboxylic acids is 1. The molecule has 18 heavy (non-hydrogen) atoms. The number of aromatic hydroxyl groups is 1. The van der Waals surface area contributed by atoms with Crippen molar-refractivity contribution in [2.45, 2.75) is 19.4 Å². The highest BCUT2D eigenvalue weighted by molar-refractivity contribution is 7.09. The molecule has 0 aliphatic heterocycles. The number of nitrogens with one attached hydrogen (secondary N) is 1. The van der Waals surface area contributed by atoms with E-state index in [0.717, 1.165) is 5.01 Å². The van der Waals surface area contributed by atoms with E-state index in [0.29, 0.717) is 5.56 Å². The van der Waals surface area contributed by atoms with Crippen LogP contribution in [0.15, 0.2) is 35.8 Å². The maximum atomic E-state index is 12.1. The van der Waals surface area contributed by atoms with Crippen LogP contribution >= 0.6 is 11.3 Å². The van der Waals surface area contributed by atoms with Crippen molar-refractivity contribution in [1.82, 2.24) is 10.3 Å². The summed E-state index contributed by atoms with van der Waals surface area (Å²) < 4.78 is 0. The molecule has 0 saturated heterocycles. The summed E-state index contributed by atoms with van der Waals surface area (Å²) in [5, 5.41) is 14.8. The molecular weight excluding hydrogens is 248 g/mol.